The summed E-state index contributed by atoms with van der Waals surface area (Å²) in [6.45, 7) is 0. The van der Waals surface area contributed by atoms with E-state index < -0.39 is 0 Å². The van der Waals surface area contributed by atoms with Crippen LogP contribution in [-0.4, -0.2) is 10.2 Å². The maximum absolute atomic E-state index is 11.0. The molecule has 1 N–H and O–H groups in total. The van der Waals surface area contributed by atoms with Crippen molar-refractivity contribution in [2.45, 2.75) is 19.3 Å². The van der Waals surface area contributed by atoms with Crippen molar-refractivity contribution in [1.29, 1.82) is 0 Å². The molecule has 3 nitrogen and oxygen atoms in total. The van der Waals surface area contributed by atoms with Gasteiger partial charge in [-0.1, -0.05) is 0 Å². The zero-order valence-corrected chi connectivity index (χ0v) is 7.44. The van der Waals surface area contributed by atoms with Gasteiger partial charge in [0.2, 0.25) is 0 Å². The normalized spacial score (nSPS) is 15.0. The minimum Gasteiger partial charge on any atom is -0.267 e. The van der Waals surface area contributed by atoms with E-state index in [9.17, 15) is 4.79 Å². The van der Waals surface area contributed by atoms with Crippen LogP contribution in [0.25, 0.3) is 0 Å². The van der Waals surface area contributed by atoms with E-state index in [0.717, 1.165) is 30.5 Å². The molecule has 1 aromatic heterocycles. The number of hydrogen-bond acceptors (Lipinski definition) is 2. The van der Waals surface area contributed by atoms with Gasteiger partial charge in [0.1, 0.15) is 0 Å². The summed E-state index contributed by atoms with van der Waals surface area (Å²) in [6.07, 6.45) is 3.08. The smallest absolute Gasteiger partial charge is 0.267 e. The predicted molar refractivity (Wildman–Crippen MR) is 44.6 cm³/mol. The summed E-state index contributed by atoms with van der Waals surface area (Å²) in [5.41, 5.74) is 2.01. The van der Waals surface area contributed by atoms with E-state index in [1.54, 1.807) is 0 Å². The molecular formula is C7H7BrN2O. The maximum atomic E-state index is 11.0. The van der Waals surface area contributed by atoms with E-state index in [4.69, 9.17) is 0 Å². The number of aryl methyl sites for hydroxylation is 1. The molecular weight excluding hydrogens is 208 g/mol. The molecule has 11 heavy (non-hydrogen) atoms. The second-order valence-electron chi connectivity index (χ2n) is 2.65. The lowest BCUT2D eigenvalue weighted by atomic mass is 10.2. The first-order valence-electron chi connectivity index (χ1n) is 3.55. The predicted octanol–water partition coefficient (Wildman–Crippen LogP) is 1.02. The lowest BCUT2D eigenvalue weighted by Gasteiger charge is -1.97. The molecule has 0 spiro atoms. The first-order chi connectivity index (χ1) is 5.29. The average molecular weight is 215 g/mol. The van der Waals surface area contributed by atoms with Gasteiger partial charge in [0.15, 0.2) is 0 Å². The molecule has 0 bridgehead atoms. The molecule has 1 aliphatic rings. The number of halogens is 1. The second-order valence-corrected chi connectivity index (χ2v) is 3.44. The van der Waals surface area contributed by atoms with Gasteiger partial charge >= 0.3 is 0 Å². The highest BCUT2D eigenvalue weighted by Crippen LogP contribution is 2.23. The molecule has 0 fully saturated rings. The lowest BCUT2D eigenvalue weighted by molar-refractivity contribution is 0.871. The topological polar surface area (TPSA) is 45.8 Å². The molecule has 0 saturated carbocycles. The molecule has 0 radical (unpaired) electrons. The van der Waals surface area contributed by atoms with Gasteiger partial charge in [-0.05, 0) is 40.8 Å². The summed E-state index contributed by atoms with van der Waals surface area (Å²) in [7, 11) is 0. The quantitative estimate of drug-likeness (QED) is 0.702. The Balaban J connectivity index is 2.72. The Kier molecular flexibility index (Phi) is 1.56. The molecule has 0 aromatic carbocycles. The summed E-state index contributed by atoms with van der Waals surface area (Å²) >= 11 is 3.25. The van der Waals surface area contributed by atoms with E-state index in [1.807, 2.05) is 0 Å². The van der Waals surface area contributed by atoms with Crippen LogP contribution in [0.3, 0.4) is 0 Å². The second kappa shape index (κ2) is 2.44. The fourth-order valence-electron chi connectivity index (χ4n) is 1.39. The van der Waals surface area contributed by atoms with E-state index in [2.05, 4.69) is 26.1 Å². The minimum atomic E-state index is -0.120. The van der Waals surface area contributed by atoms with Crippen LogP contribution in [0.5, 0.6) is 0 Å². The first kappa shape index (κ1) is 7.03. The zero-order chi connectivity index (χ0) is 7.84. The first-order valence-corrected chi connectivity index (χ1v) is 4.34. The fourth-order valence-corrected chi connectivity index (χ4v) is 1.91. The third-order valence-electron chi connectivity index (χ3n) is 1.95. The van der Waals surface area contributed by atoms with Crippen molar-refractivity contribution in [2.75, 3.05) is 0 Å². The van der Waals surface area contributed by atoms with Crippen LogP contribution in [-0.2, 0) is 12.8 Å². The molecule has 0 atom stereocenters. The standard InChI is InChI=1S/C7H7BrN2O/c8-6-4-2-1-3-5(4)9-10-7(6)11/h1-3H2,(H,10,11). The van der Waals surface area contributed by atoms with Gasteiger partial charge in [0.05, 0.1) is 10.2 Å². The maximum Gasteiger partial charge on any atom is 0.278 e. The molecule has 0 unspecified atom stereocenters. The van der Waals surface area contributed by atoms with E-state index in [0.29, 0.717) is 4.47 Å². The van der Waals surface area contributed by atoms with Crippen molar-refractivity contribution in [3.05, 3.63) is 26.1 Å². The van der Waals surface area contributed by atoms with E-state index >= 15 is 0 Å². The average Bonchev–Trinajstić information content (AvgIpc) is 2.45. The van der Waals surface area contributed by atoms with Gasteiger partial charge in [-0.3, -0.25) is 4.79 Å². The lowest BCUT2D eigenvalue weighted by Crippen LogP contribution is -2.12. The number of nitrogens with zero attached hydrogens (tertiary/aromatic N) is 1. The van der Waals surface area contributed by atoms with Gasteiger partial charge in [-0.15, -0.1) is 0 Å². The van der Waals surface area contributed by atoms with Crippen LogP contribution in [0.2, 0.25) is 0 Å². The number of H-pyrrole nitrogens is 1. The highest BCUT2D eigenvalue weighted by Gasteiger charge is 2.16. The Morgan fingerprint density at radius 2 is 2.27 bits per heavy atom. The SMILES string of the molecule is O=c1[nH]nc2c(c1Br)CCC2. The Morgan fingerprint density at radius 1 is 1.45 bits per heavy atom. The summed E-state index contributed by atoms with van der Waals surface area (Å²) in [5, 5.41) is 6.40. The van der Waals surface area contributed by atoms with Crippen LogP contribution in [0.15, 0.2) is 9.27 Å². The molecule has 1 aliphatic carbocycles. The number of aromatic nitrogens is 2. The molecule has 1 heterocycles. The van der Waals surface area contributed by atoms with Crippen molar-refractivity contribution in [3.63, 3.8) is 0 Å². The Labute approximate surface area is 72.0 Å². The number of fused-ring (bicyclic) bond motifs is 1. The van der Waals surface area contributed by atoms with Gasteiger partial charge in [0, 0.05) is 0 Å². The van der Waals surface area contributed by atoms with Gasteiger partial charge in [0.25, 0.3) is 5.56 Å². The van der Waals surface area contributed by atoms with Crippen LogP contribution in [0, 0.1) is 0 Å². The van der Waals surface area contributed by atoms with Gasteiger partial charge in [-0.25, -0.2) is 5.10 Å². The monoisotopic (exact) mass is 214 g/mol. The van der Waals surface area contributed by atoms with Crippen molar-refractivity contribution in [3.8, 4) is 0 Å². The summed E-state index contributed by atoms with van der Waals surface area (Å²) in [6, 6.07) is 0. The van der Waals surface area contributed by atoms with Crippen molar-refractivity contribution >= 4 is 15.9 Å². The Hall–Kier alpha value is -0.640. The number of rotatable bonds is 0. The molecule has 4 heteroatoms. The molecule has 2 rings (SSSR count). The number of nitrogens with one attached hydrogen (secondary N) is 1. The van der Waals surface area contributed by atoms with Crippen LogP contribution >= 0.6 is 15.9 Å². The fraction of sp³-hybridized carbons (Fsp3) is 0.429. The van der Waals surface area contributed by atoms with E-state index in [-0.39, 0.29) is 5.56 Å². The third kappa shape index (κ3) is 1.01. The highest BCUT2D eigenvalue weighted by molar-refractivity contribution is 9.10. The molecule has 1 aromatic rings. The largest absolute Gasteiger partial charge is 0.278 e. The molecule has 0 aliphatic heterocycles. The van der Waals surface area contributed by atoms with E-state index in [1.165, 1.54) is 0 Å². The van der Waals surface area contributed by atoms with Gasteiger partial charge in [-0.2, -0.15) is 5.10 Å². The highest BCUT2D eigenvalue weighted by atomic mass is 79.9. The third-order valence-corrected chi connectivity index (χ3v) is 2.78. The van der Waals surface area contributed by atoms with Gasteiger partial charge < -0.3 is 0 Å². The summed E-state index contributed by atoms with van der Waals surface area (Å²) in [4.78, 5) is 11.0. The zero-order valence-electron chi connectivity index (χ0n) is 5.85. The molecule has 0 amide bonds. The summed E-state index contributed by atoms with van der Waals surface area (Å²) in [5.74, 6) is 0. The Morgan fingerprint density at radius 3 is 3.09 bits per heavy atom. The molecule has 58 valence electrons. The Bertz CT molecular complexity index is 345. The molecule has 0 saturated heterocycles. The van der Waals surface area contributed by atoms with Crippen LogP contribution in [0.1, 0.15) is 17.7 Å². The van der Waals surface area contributed by atoms with Crippen molar-refractivity contribution in [2.24, 2.45) is 0 Å². The van der Waals surface area contributed by atoms with Crippen LogP contribution < -0.4 is 5.56 Å². The summed E-state index contributed by atoms with van der Waals surface area (Å²) < 4.78 is 0.667. The minimum absolute atomic E-state index is 0.120. The number of aromatic amines is 1. The van der Waals surface area contributed by atoms with Crippen molar-refractivity contribution in [1.82, 2.24) is 10.2 Å². The van der Waals surface area contributed by atoms with Crippen molar-refractivity contribution < 1.29 is 0 Å². The van der Waals surface area contributed by atoms with Crippen LogP contribution in [0.4, 0.5) is 0 Å². The number of hydrogen-bond donors (Lipinski definition) is 1.